The average molecular weight is 182 g/mol. The Morgan fingerprint density at radius 1 is 1.45 bits per heavy atom. The van der Waals surface area contributed by atoms with Gasteiger partial charge < -0.3 is 16.8 Å². The fourth-order valence-electron chi connectivity index (χ4n) is 0.423. The van der Waals surface area contributed by atoms with Crippen LogP contribution in [-0.4, -0.2) is 24.5 Å². The van der Waals surface area contributed by atoms with Crippen molar-refractivity contribution in [3.8, 4) is 0 Å². The summed E-state index contributed by atoms with van der Waals surface area (Å²) in [6.45, 7) is 3.94. The molecule has 0 aliphatic heterocycles. The molecular formula is C6H16ClN3O. The van der Waals surface area contributed by atoms with Crippen LogP contribution in [0.25, 0.3) is 0 Å². The maximum Gasteiger partial charge on any atom is 0.236 e. The van der Waals surface area contributed by atoms with Crippen LogP contribution >= 0.6 is 12.4 Å². The highest BCUT2D eigenvalue weighted by Crippen LogP contribution is 1.75. The maximum absolute atomic E-state index is 10.8. The van der Waals surface area contributed by atoms with Crippen LogP contribution in [0.3, 0.4) is 0 Å². The number of halogens is 1. The summed E-state index contributed by atoms with van der Waals surface area (Å²) in [5, 5.41) is 2.59. The lowest BCUT2D eigenvalue weighted by Crippen LogP contribution is -2.43. The molecule has 68 valence electrons. The quantitative estimate of drug-likeness (QED) is 0.534. The summed E-state index contributed by atoms with van der Waals surface area (Å²) in [7, 11) is 0. The van der Waals surface area contributed by atoms with E-state index in [9.17, 15) is 4.79 Å². The largest absolute Gasteiger partial charge is 0.353 e. The van der Waals surface area contributed by atoms with Crippen LogP contribution in [0.4, 0.5) is 0 Å². The van der Waals surface area contributed by atoms with Gasteiger partial charge in [-0.05, 0) is 13.8 Å². The molecule has 5 heteroatoms. The minimum absolute atomic E-state index is 0. The molecule has 5 N–H and O–H groups in total. The van der Waals surface area contributed by atoms with Crippen molar-refractivity contribution in [2.75, 3.05) is 6.54 Å². The van der Waals surface area contributed by atoms with Gasteiger partial charge in [0.2, 0.25) is 5.91 Å². The third-order valence-electron chi connectivity index (χ3n) is 1.01. The molecule has 0 saturated carbocycles. The molecule has 0 aromatic carbocycles. The summed E-state index contributed by atoms with van der Waals surface area (Å²) >= 11 is 0. The summed E-state index contributed by atoms with van der Waals surface area (Å²) in [6, 6.07) is -0.457. The van der Waals surface area contributed by atoms with E-state index in [0.717, 1.165) is 0 Å². The molecule has 0 fully saturated rings. The number of hydrogen-bond acceptors (Lipinski definition) is 3. The van der Waals surface area contributed by atoms with Crippen LogP contribution < -0.4 is 16.8 Å². The van der Waals surface area contributed by atoms with Crippen molar-refractivity contribution >= 4 is 18.3 Å². The minimum Gasteiger partial charge on any atom is -0.353 e. The topological polar surface area (TPSA) is 81.1 Å². The average Bonchev–Trinajstić information content (AvgIpc) is 1.82. The molecule has 0 bridgehead atoms. The van der Waals surface area contributed by atoms with Gasteiger partial charge in [0.1, 0.15) is 0 Å². The first-order valence-corrected chi connectivity index (χ1v) is 3.33. The highest BCUT2D eigenvalue weighted by atomic mass is 35.5. The molecule has 0 aromatic heterocycles. The number of hydrogen-bond donors (Lipinski definition) is 3. The van der Waals surface area contributed by atoms with Gasteiger partial charge in [-0.25, -0.2) is 0 Å². The van der Waals surface area contributed by atoms with Crippen LogP contribution in [0, 0.1) is 0 Å². The molecule has 0 saturated heterocycles. The molecule has 1 amide bonds. The molecule has 0 rings (SSSR count). The van der Waals surface area contributed by atoms with E-state index >= 15 is 0 Å². The van der Waals surface area contributed by atoms with Crippen LogP contribution in [0.15, 0.2) is 0 Å². The summed E-state index contributed by atoms with van der Waals surface area (Å²) in [5.41, 5.74) is 10.7. The molecule has 1 unspecified atom stereocenters. The number of rotatable bonds is 3. The molecular weight excluding hydrogens is 166 g/mol. The SMILES string of the molecule is CC(N)CNC(=O)[C@@H](C)N.Cl. The van der Waals surface area contributed by atoms with Crippen LogP contribution in [-0.2, 0) is 4.79 Å². The lowest BCUT2D eigenvalue weighted by atomic mass is 10.3. The van der Waals surface area contributed by atoms with Crippen LogP contribution in [0.1, 0.15) is 13.8 Å². The molecule has 0 heterocycles. The van der Waals surface area contributed by atoms with Gasteiger partial charge in [0.25, 0.3) is 0 Å². The molecule has 11 heavy (non-hydrogen) atoms. The summed E-state index contributed by atoms with van der Waals surface area (Å²) in [4.78, 5) is 10.8. The minimum atomic E-state index is -0.446. The Bertz CT molecular complexity index is 116. The fraction of sp³-hybridized carbons (Fsp3) is 0.833. The second kappa shape index (κ2) is 6.39. The van der Waals surface area contributed by atoms with Crippen molar-refractivity contribution in [3.63, 3.8) is 0 Å². The van der Waals surface area contributed by atoms with Crippen LogP contribution in [0.2, 0.25) is 0 Å². The first kappa shape index (κ1) is 13.3. The zero-order chi connectivity index (χ0) is 8.15. The van der Waals surface area contributed by atoms with Gasteiger partial charge in [-0.1, -0.05) is 0 Å². The van der Waals surface area contributed by atoms with E-state index in [0.29, 0.717) is 6.54 Å². The number of amides is 1. The highest BCUT2D eigenvalue weighted by molar-refractivity contribution is 5.85. The standard InChI is InChI=1S/C6H15N3O.ClH/c1-4(7)3-9-6(10)5(2)8;/h4-5H,3,7-8H2,1-2H3,(H,9,10);1H/t4?,5-;/m1./s1. The Morgan fingerprint density at radius 3 is 2.18 bits per heavy atom. The van der Waals surface area contributed by atoms with E-state index in [-0.39, 0.29) is 24.4 Å². The lowest BCUT2D eigenvalue weighted by molar-refractivity contribution is -0.122. The number of nitrogens with two attached hydrogens (primary N) is 2. The van der Waals surface area contributed by atoms with Crippen molar-refractivity contribution in [1.82, 2.24) is 5.32 Å². The molecule has 0 spiro atoms. The Labute approximate surface area is 73.1 Å². The predicted octanol–water partition coefficient (Wildman–Crippen LogP) is -0.781. The third-order valence-corrected chi connectivity index (χ3v) is 1.01. The van der Waals surface area contributed by atoms with Crippen molar-refractivity contribution in [1.29, 1.82) is 0 Å². The van der Waals surface area contributed by atoms with E-state index < -0.39 is 6.04 Å². The molecule has 0 radical (unpaired) electrons. The second-order valence-electron chi connectivity index (χ2n) is 2.51. The zero-order valence-corrected chi connectivity index (χ0v) is 7.65. The van der Waals surface area contributed by atoms with Crippen molar-refractivity contribution in [3.05, 3.63) is 0 Å². The van der Waals surface area contributed by atoms with E-state index in [2.05, 4.69) is 5.32 Å². The number of nitrogens with one attached hydrogen (secondary N) is 1. The fourth-order valence-corrected chi connectivity index (χ4v) is 0.423. The van der Waals surface area contributed by atoms with Gasteiger partial charge in [-0.2, -0.15) is 0 Å². The monoisotopic (exact) mass is 181 g/mol. The van der Waals surface area contributed by atoms with Gasteiger partial charge in [-0.15, -0.1) is 12.4 Å². The summed E-state index contributed by atoms with van der Waals surface area (Å²) in [6.07, 6.45) is 0. The lowest BCUT2D eigenvalue weighted by Gasteiger charge is -2.08. The molecule has 0 aliphatic carbocycles. The number of carbonyl (C=O) groups is 1. The van der Waals surface area contributed by atoms with Gasteiger partial charge in [-0.3, -0.25) is 4.79 Å². The third kappa shape index (κ3) is 7.58. The van der Waals surface area contributed by atoms with Crippen molar-refractivity contribution < 1.29 is 4.79 Å². The molecule has 0 aliphatic rings. The van der Waals surface area contributed by atoms with Gasteiger partial charge >= 0.3 is 0 Å². The van der Waals surface area contributed by atoms with Gasteiger partial charge in [0.05, 0.1) is 6.04 Å². The van der Waals surface area contributed by atoms with E-state index in [1.54, 1.807) is 6.92 Å². The summed E-state index contributed by atoms with van der Waals surface area (Å²) in [5.74, 6) is -0.155. The van der Waals surface area contributed by atoms with Gasteiger partial charge in [0, 0.05) is 12.6 Å². The normalized spacial score (nSPS) is 14.5. The maximum atomic E-state index is 10.8. The Morgan fingerprint density at radius 2 is 1.91 bits per heavy atom. The van der Waals surface area contributed by atoms with E-state index in [4.69, 9.17) is 11.5 Å². The molecule has 4 nitrogen and oxygen atoms in total. The molecule has 0 aromatic rings. The Balaban J connectivity index is 0. The van der Waals surface area contributed by atoms with Crippen LogP contribution in [0.5, 0.6) is 0 Å². The van der Waals surface area contributed by atoms with Crippen molar-refractivity contribution in [2.45, 2.75) is 25.9 Å². The van der Waals surface area contributed by atoms with Crippen molar-refractivity contribution in [2.24, 2.45) is 11.5 Å². The first-order chi connectivity index (χ1) is 4.54. The Hall–Kier alpha value is -0.320. The number of carbonyl (C=O) groups excluding carboxylic acids is 1. The highest BCUT2D eigenvalue weighted by Gasteiger charge is 2.05. The first-order valence-electron chi connectivity index (χ1n) is 3.33. The zero-order valence-electron chi connectivity index (χ0n) is 6.83. The van der Waals surface area contributed by atoms with Gasteiger partial charge in [0.15, 0.2) is 0 Å². The predicted molar refractivity (Wildman–Crippen MR) is 47.6 cm³/mol. The second-order valence-corrected chi connectivity index (χ2v) is 2.51. The smallest absolute Gasteiger partial charge is 0.236 e. The Kier molecular flexibility index (Phi) is 7.72. The van der Waals surface area contributed by atoms with E-state index in [1.165, 1.54) is 0 Å². The van der Waals surface area contributed by atoms with E-state index in [1.807, 2.05) is 6.92 Å². The molecule has 2 atom stereocenters. The summed E-state index contributed by atoms with van der Waals surface area (Å²) < 4.78 is 0.